The van der Waals surface area contributed by atoms with Gasteiger partial charge in [-0.1, -0.05) is 6.08 Å². The lowest BCUT2D eigenvalue weighted by molar-refractivity contribution is 2.10. The van der Waals surface area contributed by atoms with E-state index in [1.807, 2.05) is 12.2 Å². The van der Waals surface area contributed by atoms with E-state index in [-0.39, 0.29) is 0 Å². The fourth-order valence-electron chi connectivity index (χ4n) is 0.278. The van der Waals surface area contributed by atoms with Crippen molar-refractivity contribution in [3.05, 3.63) is 23.0 Å². The molecular weight excluding hydrogens is 124 g/mol. The van der Waals surface area contributed by atoms with E-state index >= 15 is 0 Å². The van der Waals surface area contributed by atoms with Crippen molar-refractivity contribution in [1.29, 1.82) is 0 Å². The molecule has 0 unspecified atom stereocenters. The molecule has 7 heavy (non-hydrogen) atoms. The Balaban J connectivity index is 2.60. The predicted octanol–water partition coefficient (Wildman–Crippen LogP) is 1.60. The second-order valence-electron chi connectivity index (χ2n) is 1.03. The second-order valence-corrected chi connectivity index (χ2v) is 2.88. The van der Waals surface area contributed by atoms with Crippen molar-refractivity contribution < 1.29 is 0 Å². The van der Waals surface area contributed by atoms with Crippen molar-refractivity contribution in [2.75, 3.05) is 0 Å². The van der Waals surface area contributed by atoms with Crippen molar-refractivity contribution in [3.63, 3.8) is 0 Å². The highest BCUT2D eigenvalue weighted by Gasteiger charge is 1.85. The van der Waals surface area contributed by atoms with E-state index in [0.717, 1.165) is 0 Å². The molecule has 0 bridgehead atoms. The van der Waals surface area contributed by atoms with Crippen molar-refractivity contribution in [2.24, 2.45) is 0 Å². The average Bonchev–Trinajstić information content (AvgIpc) is 1.90. The van der Waals surface area contributed by atoms with Gasteiger partial charge in [-0.25, -0.2) is 0 Å². The summed E-state index contributed by atoms with van der Waals surface area (Å²) in [5, 5.41) is 4.10. The van der Waals surface area contributed by atoms with Crippen LogP contribution in [-0.2, 0) is 11.4 Å². The van der Waals surface area contributed by atoms with Crippen LogP contribution in [0.3, 0.4) is 0 Å². The molecule has 0 atom stereocenters. The molecule has 0 saturated heterocycles. The summed E-state index contributed by atoms with van der Waals surface area (Å²) in [6.45, 7) is 0. The average molecular weight is 129 g/mol. The Morgan fingerprint density at radius 3 is 3.29 bits per heavy atom. The van der Waals surface area contributed by atoms with Gasteiger partial charge in [0.2, 0.25) is 16.1 Å². The number of hydrogen-bond acceptors (Lipinski definition) is 1. The summed E-state index contributed by atoms with van der Waals surface area (Å²) in [5.74, 6) is 0. The first kappa shape index (κ1) is 5.06. The van der Waals surface area contributed by atoms with E-state index in [4.69, 9.17) is 0 Å². The highest BCUT2D eigenvalue weighted by molar-refractivity contribution is 8.22. The highest BCUT2D eigenvalue weighted by atomic mass is 32.2. The molecular formula is C5H5S2+. The van der Waals surface area contributed by atoms with Crippen LogP contribution in [-0.4, -0.2) is 4.70 Å². The summed E-state index contributed by atoms with van der Waals surface area (Å²) in [4.78, 5) is 0. The van der Waals surface area contributed by atoms with Gasteiger partial charge in [-0.2, -0.15) is 0 Å². The van der Waals surface area contributed by atoms with E-state index in [1.165, 1.54) is 0 Å². The minimum absolute atomic E-state index is 1.71. The molecule has 1 rings (SSSR count). The number of allylic oxidation sites excluding steroid dienone is 2. The summed E-state index contributed by atoms with van der Waals surface area (Å²) < 4.78 is 2.08. The normalized spacial score (nSPS) is 17.1. The Morgan fingerprint density at radius 1 is 1.29 bits per heavy atom. The summed E-state index contributed by atoms with van der Waals surface area (Å²) in [6.07, 6.45) is 4.06. The molecule has 0 aromatic heterocycles. The van der Waals surface area contributed by atoms with Crippen LogP contribution in [0.25, 0.3) is 0 Å². The minimum atomic E-state index is 1.71. The van der Waals surface area contributed by atoms with Crippen LogP contribution in [0.2, 0.25) is 0 Å². The van der Waals surface area contributed by atoms with E-state index in [0.29, 0.717) is 0 Å². The minimum Gasteiger partial charge on any atom is -0.0505 e. The Labute approximate surface area is 51.3 Å². The Morgan fingerprint density at radius 2 is 2.29 bits per heavy atom. The summed E-state index contributed by atoms with van der Waals surface area (Å²) in [7, 11) is 0. The molecule has 0 fully saturated rings. The van der Waals surface area contributed by atoms with Gasteiger partial charge in [0.15, 0.2) is 5.41 Å². The lowest BCUT2D eigenvalue weighted by Gasteiger charge is -1.62. The molecule has 1 heterocycles. The van der Waals surface area contributed by atoms with Gasteiger partial charge < -0.3 is 0 Å². The maximum absolute atomic E-state index is 2.08. The van der Waals surface area contributed by atoms with E-state index in [9.17, 15) is 0 Å². The number of thioether (sulfide) groups is 1. The van der Waals surface area contributed by atoms with Crippen LogP contribution >= 0.6 is 11.8 Å². The predicted molar refractivity (Wildman–Crippen MR) is 39.3 cm³/mol. The molecule has 2 heteroatoms. The molecule has 1 aliphatic rings. The van der Waals surface area contributed by atoms with Crippen LogP contribution < -0.4 is 0 Å². The van der Waals surface area contributed by atoms with Gasteiger partial charge in [-0.15, -0.1) is 0 Å². The third-order valence-electron chi connectivity index (χ3n) is 0.536. The standard InChI is InChI=1S/C5H5S2/c1-2-4-7-5-6-3-1/h1-5H/q+1. The summed E-state index contributed by atoms with van der Waals surface area (Å²) in [5.41, 5.74) is 0. The first-order chi connectivity index (χ1) is 3.50. The molecule has 0 N–H and O–H groups in total. The van der Waals surface area contributed by atoms with Gasteiger partial charge >= 0.3 is 0 Å². The van der Waals surface area contributed by atoms with Gasteiger partial charge in [0.1, 0.15) is 0 Å². The van der Waals surface area contributed by atoms with Crippen molar-refractivity contribution in [1.82, 2.24) is 0 Å². The molecule has 0 radical (unpaired) electrons. The van der Waals surface area contributed by atoms with Crippen molar-refractivity contribution >= 4 is 27.8 Å². The zero-order valence-electron chi connectivity index (χ0n) is 3.70. The number of hydrogen-bond donors (Lipinski definition) is 0. The van der Waals surface area contributed by atoms with Crippen molar-refractivity contribution in [3.8, 4) is 0 Å². The molecule has 0 aliphatic carbocycles. The first-order valence-corrected chi connectivity index (χ1v) is 3.83. The quantitative estimate of drug-likeness (QED) is 0.353. The van der Waals surface area contributed by atoms with E-state index in [1.54, 1.807) is 23.1 Å². The van der Waals surface area contributed by atoms with Crippen LogP contribution in [0.4, 0.5) is 0 Å². The zero-order chi connectivity index (χ0) is 4.95. The summed E-state index contributed by atoms with van der Waals surface area (Å²) in [6, 6.07) is 0. The Bertz CT molecular complexity index is 108. The van der Waals surface area contributed by atoms with Gasteiger partial charge in [0, 0.05) is 0 Å². The van der Waals surface area contributed by atoms with Gasteiger partial charge in [0.05, 0.1) is 0 Å². The molecule has 36 valence electrons. The molecule has 0 spiro atoms. The van der Waals surface area contributed by atoms with Crippen molar-refractivity contribution in [2.45, 2.75) is 0 Å². The number of rotatable bonds is 0. The van der Waals surface area contributed by atoms with Gasteiger partial charge in [-0.3, -0.25) is 0 Å². The fourth-order valence-corrected chi connectivity index (χ4v) is 1.41. The van der Waals surface area contributed by atoms with E-state index in [2.05, 4.69) is 15.5 Å². The second kappa shape index (κ2) is 2.99. The highest BCUT2D eigenvalue weighted by Crippen LogP contribution is 1.98. The van der Waals surface area contributed by atoms with Gasteiger partial charge in [0.25, 0.3) is 0 Å². The molecule has 0 amide bonds. The third kappa shape index (κ3) is 1.90. The SMILES string of the molecule is C1=CSC=[S+]C=C1. The largest absolute Gasteiger partial charge is 0.233 e. The molecule has 1 aliphatic heterocycles. The zero-order valence-corrected chi connectivity index (χ0v) is 5.34. The lowest BCUT2D eigenvalue weighted by atomic mass is 10.6. The molecule has 0 nitrogen and oxygen atoms in total. The lowest BCUT2D eigenvalue weighted by Crippen LogP contribution is -1.53. The first-order valence-electron chi connectivity index (χ1n) is 1.94. The monoisotopic (exact) mass is 129 g/mol. The van der Waals surface area contributed by atoms with E-state index < -0.39 is 0 Å². The Kier molecular flexibility index (Phi) is 2.17. The molecule has 0 saturated carbocycles. The smallest absolute Gasteiger partial charge is 0.0505 e. The van der Waals surface area contributed by atoms with Crippen LogP contribution in [0.1, 0.15) is 0 Å². The third-order valence-corrected chi connectivity index (χ3v) is 2.05. The van der Waals surface area contributed by atoms with Crippen LogP contribution in [0.15, 0.2) is 23.0 Å². The summed E-state index contributed by atoms with van der Waals surface area (Å²) >= 11 is 3.42. The molecule has 0 aromatic rings. The maximum atomic E-state index is 2.08. The van der Waals surface area contributed by atoms with Crippen LogP contribution in [0.5, 0.6) is 0 Å². The topological polar surface area (TPSA) is 0 Å². The molecule has 0 aromatic carbocycles. The van der Waals surface area contributed by atoms with Crippen LogP contribution in [0, 0.1) is 0 Å². The fraction of sp³-hybridized carbons (Fsp3) is 0. The van der Waals surface area contributed by atoms with Gasteiger partial charge in [-0.05, 0) is 23.2 Å². The Hall–Kier alpha value is -0.0800. The maximum Gasteiger partial charge on any atom is 0.233 e.